The number of halogens is 1. The van der Waals surface area contributed by atoms with Crippen molar-refractivity contribution in [2.24, 2.45) is 19.8 Å². The van der Waals surface area contributed by atoms with Crippen molar-refractivity contribution in [2.45, 2.75) is 39.3 Å². The van der Waals surface area contributed by atoms with Crippen molar-refractivity contribution in [3.8, 4) is 16.9 Å². The molecule has 2 heterocycles. The summed E-state index contributed by atoms with van der Waals surface area (Å²) in [6, 6.07) is 4.20. The molecule has 0 aliphatic rings. The molecule has 0 aliphatic carbocycles. The monoisotopic (exact) mass is 429 g/mol. The van der Waals surface area contributed by atoms with E-state index in [9.17, 15) is 14.0 Å². The SMILES string of the molecule is CCC(CC)Nc1nc2c(c(-c3cc(F)ccc3OC)c1CN)c(=O)n(C)c(=O)n2C. The second kappa shape index (κ2) is 8.89. The first-order chi connectivity index (χ1) is 14.8. The van der Waals surface area contributed by atoms with E-state index in [0.29, 0.717) is 28.3 Å². The second-order valence-corrected chi connectivity index (χ2v) is 7.42. The molecule has 166 valence electrons. The first kappa shape index (κ1) is 22.5. The van der Waals surface area contributed by atoms with Gasteiger partial charge in [0, 0.05) is 43.4 Å². The van der Waals surface area contributed by atoms with Crippen LogP contribution in [0.1, 0.15) is 32.3 Å². The Bertz CT molecular complexity index is 1240. The number of methoxy groups -OCH3 is 1. The Hall–Kier alpha value is -3.20. The third-order valence-electron chi connectivity index (χ3n) is 5.65. The fourth-order valence-corrected chi connectivity index (χ4v) is 3.80. The topological polar surface area (TPSA) is 104 Å². The van der Waals surface area contributed by atoms with Gasteiger partial charge in [0.25, 0.3) is 5.56 Å². The first-order valence-corrected chi connectivity index (χ1v) is 10.2. The number of rotatable bonds is 7. The van der Waals surface area contributed by atoms with Gasteiger partial charge in [0.2, 0.25) is 0 Å². The van der Waals surface area contributed by atoms with Crippen molar-refractivity contribution in [1.29, 1.82) is 0 Å². The number of hydrogen-bond donors (Lipinski definition) is 2. The fraction of sp³-hybridized carbons (Fsp3) is 0.409. The van der Waals surface area contributed by atoms with Crippen LogP contribution < -0.4 is 27.0 Å². The number of anilines is 1. The van der Waals surface area contributed by atoms with E-state index in [0.717, 1.165) is 17.4 Å². The number of nitrogens with one attached hydrogen (secondary N) is 1. The van der Waals surface area contributed by atoms with Gasteiger partial charge in [0.1, 0.15) is 17.4 Å². The Kier molecular flexibility index (Phi) is 6.45. The molecule has 0 saturated heterocycles. The fourth-order valence-electron chi connectivity index (χ4n) is 3.80. The molecule has 2 aromatic heterocycles. The number of hydrogen-bond acceptors (Lipinski definition) is 6. The highest BCUT2D eigenvalue weighted by molar-refractivity contribution is 5.98. The molecule has 3 aromatic rings. The highest BCUT2D eigenvalue weighted by Crippen LogP contribution is 2.39. The minimum absolute atomic E-state index is 0.0480. The van der Waals surface area contributed by atoms with Gasteiger partial charge in [-0.3, -0.25) is 13.9 Å². The minimum atomic E-state index is -0.532. The number of aromatic nitrogens is 3. The average molecular weight is 429 g/mol. The summed E-state index contributed by atoms with van der Waals surface area (Å²) in [5, 5.41) is 3.57. The lowest BCUT2D eigenvalue weighted by atomic mass is 9.95. The molecule has 1 aromatic carbocycles. The molecule has 3 N–H and O–H groups in total. The van der Waals surface area contributed by atoms with Crippen LogP contribution in [0.15, 0.2) is 27.8 Å². The molecule has 0 unspecified atom stereocenters. The maximum atomic E-state index is 14.3. The van der Waals surface area contributed by atoms with Crippen LogP contribution in [-0.4, -0.2) is 27.3 Å². The predicted molar refractivity (Wildman–Crippen MR) is 120 cm³/mol. The minimum Gasteiger partial charge on any atom is -0.496 e. The normalized spacial score (nSPS) is 11.4. The molecule has 3 rings (SSSR count). The molecule has 0 radical (unpaired) electrons. The summed E-state index contributed by atoms with van der Waals surface area (Å²) in [7, 11) is 4.42. The van der Waals surface area contributed by atoms with Crippen LogP contribution in [0, 0.1) is 5.82 Å². The largest absolute Gasteiger partial charge is 0.496 e. The van der Waals surface area contributed by atoms with E-state index in [1.807, 2.05) is 13.8 Å². The first-order valence-electron chi connectivity index (χ1n) is 10.2. The highest BCUT2D eigenvalue weighted by Gasteiger charge is 2.24. The zero-order valence-corrected chi connectivity index (χ0v) is 18.5. The lowest BCUT2D eigenvalue weighted by Gasteiger charge is -2.23. The number of benzene rings is 1. The molecule has 0 amide bonds. The highest BCUT2D eigenvalue weighted by atomic mass is 19.1. The van der Waals surface area contributed by atoms with E-state index in [1.165, 1.54) is 36.9 Å². The van der Waals surface area contributed by atoms with E-state index in [1.54, 1.807) is 7.05 Å². The van der Waals surface area contributed by atoms with Crippen LogP contribution in [0.25, 0.3) is 22.2 Å². The summed E-state index contributed by atoms with van der Waals surface area (Å²) in [6.45, 7) is 4.14. The molecule has 8 nitrogen and oxygen atoms in total. The number of nitrogens with two attached hydrogens (primary N) is 1. The van der Waals surface area contributed by atoms with Gasteiger partial charge < -0.3 is 15.8 Å². The average Bonchev–Trinajstić information content (AvgIpc) is 2.78. The smallest absolute Gasteiger partial charge is 0.332 e. The number of ether oxygens (including phenoxy) is 1. The van der Waals surface area contributed by atoms with Gasteiger partial charge >= 0.3 is 5.69 Å². The Labute approximate surface area is 179 Å². The third-order valence-corrected chi connectivity index (χ3v) is 5.65. The number of aryl methyl sites for hydroxylation is 1. The van der Waals surface area contributed by atoms with Crippen LogP contribution in [0.4, 0.5) is 10.2 Å². The van der Waals surface area contributed by atoms with Gasteiger partial charge in [-0.25, -0.2) is 14.2 Å². The van der Waals surface area contributed by atoms with Gasteiger partial charge in [-0.15, -0.1) is 0 Å². The Morgan fingerprint density at radius 1 is 1.19 bits per heavy atom. The molecule has 31 heavy (non-hydrogen) atoms. The molecule has 0 aliphatic heterocycles. The molecular weight excluding hydrogens is 401 g/mol. The van der Waals surface area contributed by atoms with Gasteiger partial charge in [-0.05, 0) is 31.0 Å². The maximum Gasteiger partial charge on any atom is 0.332 e. The second-order valence-electron chi connectivity index (χ2n) is 7.42. The molecule has 0 bridgehead atoms. The van der Waals surface area contributed by atoms with Crippen LogP contribution in [0.5, 0.6) is 5.75 Å². The van der Waals surface area contributed by atoms with Crippen molar-refractivity contribution < 1.29 is 9.13 Å². The van der Waals surface area contributed by atoms with Crippen LogP contribution >= 0.6 is 0 Å². The number of pyridine rings is 1. The third kappa shape index (κ3) is 3.81. The Morgan fingerprint density at radius 2 is 1.87 bits per heavy atom. The number of fused-ring (bicyclic) bond motifs is 1. The van der Waals surface area contributed by atoms with E-state index < -0.39 is 17.1 Å². The van der Waals surface area contributed by atoms with Crippen LogP contribution in [0.3, 0.4) is 0 Å². The molecule has 0 fully saturated rings. The molecule has 9 heteroatoms. The summed E-state index contributed by atoms with van der Waals surface area (Å²) >= 11 is 0. The molecule has 0 spiro atoms. The van der Waals surface area contributed by atoms with Crippen molar-refractivity contribution in [3.05, 3.63) is 50.4 Å². The zero-order valence-electron chi connectivity index (χ0n) is 18.5. The zero-order chi connectivity index (χ0) is 22.9. The molecular formula is C22H28FN5O3. The molecule has 0 atom stereocenters. The summed E-state index contributed by atoms with van der Waals surface area (Å²) in [4.78, 5) is 30.4. The van der Waals surface area contributed by atoms with Crippen molar-refractivity contribution in [3.63, 3.8) is 0 Å². The van der Waals surface area contributed by atoms with E-state index in [-0.39, 0.29) is 23.6 Å². The summed E-state index contributed by atoms with van der Waals surface area (Å²) in [5.74, 6) is 0.362. The Balaban J connectivity index is 2.58. The lowest BCUT2D eigenvalue weighted by Crippen LogP contribution is -2.38. The van der Waals surface area contributed by atoms with E-state index in [2.05, 4.69) is 10.3 Å². The number of nitrogens with zero attached hydrogens (tertiary/aromatic N) is 3. The summed E-state index contributed by atoms with van der Waals surface area (Å²) in [6.07, 6.45) is 1.68. The quantitative estimate of drug-likeness (QED) is 0.598. The standard InChI is InChI=1S/C22H28FN5O3/c1-6-13(7-2)25-19-15(11-24)17(14-10-12(23)8-9-16(14)31-5)18-20(26-19)27(3)22(30)28(4)21(18)29/h8-10,13H,6-7,11,24H2,1-5H3,(H,25,26). The van der Waals surface area contributed by atoms with E-state index >= 15 is 0 Å². The Morgan fingerprint density at radius 3 is 2.45 bits per heavy atom. The summed E-state index contributed by atoms with van der Waals surface area (Å²) < 4.78 is 22.1. The van der Waals surface area contributed by atoms with Gasteiger partial charge in [0.05, 0.1) is 12.5 Å². The lowest BCUT2D eigenvalue weighted by molar-refractivity contribution is 0.415. The van der Waals surface area contributed by atoms with Gasteiger partial charge in [-0.2, -0.15) is 0 Å². The van der Waals surface area contributed by atoms with Crippen molar-refractivity contribution in [2.75, 3.05) is 12.4 Å². The predicted octanol–water partition coefficient (Wildman–Crippen LogP) is 2.51. The van der Waals surface area contributed by atoms with Gasteiger partial charge in [-0.1, -0.05) is 13.8 Å². The molecule has 0 saturated carbocycles. The van der Waals surface area contributed by atoms with Crippen LogP contribution in [0.2, 0.25) is 0 Å². The van der Waals surface area contributed by atoms with Crippen molar-refractivity contribution >= 4 is 16.9 Å². The van der Waals surface area contributed by atoms with Crippen LogP contribution in [-0.2, 0) is 20.6 Å². The maximum absolute atomic E-state index is 14.3. The van der Waals surface area contributed by atoms with E-state index in [4.69, 9.17) is 10.5 Å². The van der Waals surface area contributed by atoms with Gasteiger partial charge in [0.15, 0.2) is 5.65 Å². The van der Waals surface area contributed by atoms with Crippen molar-refractivity contribution in [1.82, 2.24) is 14.1 Å². The summed E-state index contributed by atoms with van der Waals surface area (Å²) in [5.41, 5.74) is 6.63.